The summed E-state index contributed by atoms with van der Waals surface area (Å²) in [7, 11) is 0. The Bertz CT molecular complexity index is 708. The molecular weight excluding hydrogens is 353 g/mol. The quantitative estimate of drug-likeness (QED) is 0.909. The summed E-state index contributed by atoms with van der Waals surface area (Å²) in [6.45, 7) is 0.353. The van der Waals surface area contributed by atoms with Crippen molar-refractivity contribution in [3.63, 3.8) is 0 Å². The van der Waals surface area contributed by atoms with Crippen LogP contribution in [0.3, 0.4) is 0 Å². The molecule has 1 heterocycles. The monoisotopic (exact) mass is 365 g/mol. The second kappa shape index (κ2) is 6.36. The van der Waals surface area contributed by atoms with E-state index in [0.29, 0.717) is 17.1 Å². The summed E-state index contributed by atoms with van der Waals surface area (Å²) in [4.78, 5) is 12.2. The van der Waals surface area contributed by atoms with Crippen molar-refractivity contribution < 1.29 is 18.7 Å². The lowest BCUT2D eigenvalue weighted by atomic mass is 10.2. The lowest BCUT2D eigenvalue weighted by Crippen LogP contribution is -2.43. The van der Waals surface area contributed by atoms with Crippen molar-refractivity contribution in [1.82, 2.24) is 5.32 Å². The van der Waals surface area contributed by atoms with Gasteiger partial charge in [-0.15, -0.1) is 0 Å². The molecule has 2 aromatic rings. The summed E-state index contributed by atoms with van der Waals surface area (Å²) in [5.74, 6) is 0.518. The Balaban J connectivity index is 1.62. The number of halogens is 2. The van der Waals surface area contributed by atoms with Crippen LogP contribution in [0.4, 0.5) is 4.39 Å². The normalized spacial score (nSPS) is 16.2. The van der Waals surface area contributed by atoms with Gasteiger partial charge in [-0.05, 0) is 35.9 Å². The lowest BCUT2D eigenvalue weighted by molar-refractivity contribution is -0.130. The summed E-state index contributed by atoms with van der Waals surface area (Å²) >= 11 is 3.32. The Kier molecular flexibility index (Phi) is 4.29. The Morgan fingerprint density at radius 2 is 2.05 bits per heavy atom. The first-order valence-electron chi connectivity index (χ1n) is 6.73. The summed E-state index contributed by atoms with van der Waals surface area (Å²) in [6.07, 6.45) is -0.720. The third kappa shape index (κ3) is 3.22. The topological polar surface area (TPSA) is 47.6 Å². The summed E-state index contributed by atoms with van der Waals surface area (Å²) < 4.78 is 25.1. The van der Waals surface area contributed by atoms with E-state index in [-0.39, 0.29) is 24.9 Å². The number of benzene rings is 2. The molecule has 6 heteroatoms. The number of amides is 1. The van der Waals surface area contributed by atoms with Gasteiger partial charge in [-0.3, -0.25) is 4.79 Å². The maximum atomic E-state index is 13.2. The van der Waals surface area contributed by atoms with Crippen molar-refractivity contribution in [2.45, 2.75) is 12.6 Å². The number of rotatable bonds is 3. The van der Waals surface area contributed by atoms with E-state index in [1.807, 2.05) is 12.1 Å². The lowest BCUT2D eigenvalue weighted by Gasteiger charge is -2.25. The highest BCUT2D eigenvalue weighted by Crippen LogP contribution is 2.30. The fourth-order valence-corrected chi connectivity index (χ4v) is 2.51. The Hall–Kier alpha value is -2.08. The molecule has 22 heavy (non-hydrogen) atoms. The standard InChI is InChI=1S/C16H13BrFNO3/c17-12-6-5-11(18)7-10(12)8-19-16(20)15-9-21-13-3-1-2-4-14(13)22-15/h1-7,15H,8-9H2,(H,19,20). The van der Waals surface area contributed by atoms with E-state index in [2.05, 4.69) is 21.2 Å². The fourth-order valence-electron chi connectivity index (χ4n) is 2.12. The van der Waals surface area contributed by atoms with Crippen molar-refractivity contribution in [3.05, 3.63) is 58.3 Å². The predicted molar refractivity (Wildman–Crippen MR) is 82.3 cm³/mol. The first-order valence-corrected chi connectivity index (χ1v) is 7.53. The highest BCUT2D eigenvalue weighted by atomic mass is 79.9. The second-order valence-corrected chi connectivity index (χ2v) is 5.67. The zero-order valence-electron chi connectivity index (χ0n) is 11.5. The molecule has 1 aliphatic heterocycles. The van der Waals surface area contributed by atoms with Gasteiger partial charge in [0, 0.05) is 11.0 Å². The molecule has 114 valence electrons. The number of carbonyl (C=O) groups excluding carboxylic acids is 1. The number of fused-ring (bicyclic) bond motifs is 1. The number of hydrogen-bond donors (Lipinski definition) is 1. The van der Waals surface area contributed by atoms with Gasteiger partial charge in [0.1, 0.15) is 12.4 Å². The molecule has 1 aliphatic rings. The molecule has 1 N–H and O–H groups in total. The Morgan fingerprint density at radius 3 is 2.86 bits per heavy atom. The Morgan fingerprint density at radius 1 is 1.27 bits per heavy atom. The van der Waals surface area contributed by atoms with Gasteiger partial charge >= 0.3 is 0 Å². The number of nitrogens with one attached hydrogen (secondary N) is 1. The summed E-state index contributed by atoms with van der Waals surface area (Å²) in [6, 6.07) is 11.5. The minimum Gasteiger partial charge on any atom is -0.485 e. The molecule has 0 aromatic heterocycles. The van der Waals surface area contributed by atoms with Crippen LogP contribution in [0.5, 0.6) is 11.5 Å². The van der Waals surface area contributed by atoms with Crippen LogP contribution in [0.1, 0.15) is 5.56 Å². The van der Waals surface area contributed by atoms with E-state index in [4.69, 9.17) is 9.47 Å². The van der Waals surface area contributed by atoms with Crippen LogP contribution in [0.15, 0.2) is 46.9 Å². The van der Waals surface area contributed by atoms with E-state index in [9.17, 15) is 9.18 Å². The molecule has 0 bridgehead atoms. The number of ether oxygens (including phenoxy) is 2. The number of carbonyl (C=O) groups is 1. The van der Waals surface area contributed by atoms with E-state index in [1.54, 1.807) is 18.2 Å². The summed E-state index contributed by atoms with van der Waals surface area (Å²) in [5, 5.41) is 2.73. The third-order valence-corrected chi connectivity index (χ3v) is 4.04. The van der Waals surface area contributed by atoms with Gasteiger partial charge in [0.05, 0.1) is 0 Å². The molecule has 1 amide bonds. The molecule has 2 aromatic carbocycles. The van der Waals surface area contributed by atoms with Crippen molar-refractivity contribution in [1.29, 1.82) is 0 Å². The molecule has 0 spiro atoms. The van der Waals surface area contributed by atoms with Crippen molar-refractivity contribution in [2.75, 3.05) is 6.61 Å². The molecule has 1 unspecified atom stereocenters. The molecule has 0 aliphatic carbocycles. The average molecular weight is 366 g/mol. The van der Waals surface area contributed by atoms with Crippen molar-refractivity contribution in [2.24, 2.45) is 0 Å². The van der Waals surface area contributed by atoms with Crippen LogP contribution < -0.4 is 14.8 Å². The average Bonchev–Trinajstić information content (AvgIpc) is 2.55. The summed E-state index contributed by atoms with van der Waals surface area (Å²) in [5.41, 5.74) is 0.658. The highest BCUT2D eigenvalue weighted by molar-refractivity contribution is 9.10. The van der Waals surface area contributed by atoms with E-state index in [0.717, 1.165) is 4.47 Å². The van der Waals surface area contributed by atoms with Crippen molar-refractivity contribution in [3.8, 4) is 11.5 Å². The van der Waals surface area contributed by atoms with E-state index in [1.165, 1.54) is 12.1 Å². The smallest absolute Gasteiger partial charge is 0.264 e. The van der Waals surface area contributed by atoms with Crippen molar-refractivity contribution >= 4 is 21.8 Å². The van der Waals surface area contributed by atoms with Crippen LogP contribution >= 0.6 is 15.9 Å². The van der Waals surface area contributed by atoms with Gasteiger partial charge in [0.2, 0.25) is 6.10 Å². The molecule has 0 saturated carbocycles. The molecule has 3 rings (SSSR count). The maximum Gasteiger partial charge on any atom is 0.264 e. The maximum absolute atomic E-state index is 13.2. The second-order valence-electron chi connectivity index (χ2n) is 4.82. The van der Waals surface area contributed by atoms with Gasteiger partial charge in [-0.1, -0.05) is 28.1 Å². The highest BCUT2D eigenvalue weighted by Gasteiger charge is 2.27. The zero-order chi connectivity index (χ0) is 15.5. The molecule has 1 atom stereocenters. The van der Waals surface area contributed by atoms with Gasteiger partial charge in [0.15, 0.2) is 11.5 Å². The molecule has 4 nitrogen and oxygen atoms in total. The van der Waals surface area contributed by atoms with Crippen LogP contribution in [0.25, 0.3) is 0 Å². The third-order valence-electron chi connectivity index (χ3n) is 3.26. The SMILES string of the molecule is O=C(NCc1cc(F)ccc1Br)C1COc2ccccc2O1. The largest absolute Gasteiger partial charge is 0.485 e. The van der Waals surface area contributed by atoms with Crippen LogP contribution in [0.2, 0.25) is 0 Å². The van der Waals surface area contributed by atoms with Crippen LogP contribution in [-0.4, -0.2) is 18.6 Å². The Labute approximate surface area is 135 Å². The molecule has 0 fully saturated rings. The first-order chi connectivity index (χ1) is 10.6. The number of para-hydroxylation sites is 2. The minimum absolute atomic E-state index is 0.146. The predicted octanol–water partition coefficient (Wildman–Crippen LogP) is 3.04. The first kappa shape index (κ1) is 14.8. The van der Waals surface area contributed by atoms with Gasteiger partial charge < -0.3 is 14.8 Å². The zero-order valence-corrected chi connectivity index (χ0v) is 13.1. The fraction of sp³-hybridized carbons (Fsp3) is 0.188. The van der Waals surface area contributed by atoms with Gasteiger partial charge in [0.25, 0.3) is 5.91 Å². The molecule has 0 radical (unpaired) electrons. The van der Waals surface area contributed by atoms with E-state index < -0.39 is 6.10 Å². The minimum atomic E-state index is -0.720. The number of hydrogen-bond acceptors (Lipinski definition) is 3. The van der Waals surface area contributed by atoms with Gasteiger partial charge in [-0.25, -0.2) is 4.39 Å². The molecular formula is C16H13BrFNO3. The van der Waals surface area contributed by atoms with E-state index >= 15 is 0 Å². The molecule has 0 saturated heterocycles. The van der Waals surface area contributed by atoms with Gasteiger partial charge in [-0.2, -0.15) is 0 Å². The van der Waals surface area contributed by atoms with Crippen LogP contribution in [0, 0.1) is 5.82 Å². The van der Waals surface area contributed by atoms with Crippen LogP contribution in [-0.2, 0) is 11.3 Å².